The number of hydrogen-bond donors (Lipinski definition) is 1. The van der Waals surface area contributed by atoms with Gasteiger partial charge in [-0.3, -0.25) is 0 Å². The third-order valence-corrected chi connectivity index (χ3v) is 3.86. The molecule has 1 aliphatic heterocycles. The van der Waals surface area contributed by atoms with Crippen molar-refractivity contribution in [2.24, 2.45) is 0 Å². The molecule has 18 heavy (non-hydrogen) atoms. The van der Waals surface area contributed by atoms with Crippen molar-refractivity contribution in [3.05, 3.63) is 22.8 Å². The first kappa shape index (κ1) is 13.6. The monoisotopic (exact) mass is 268 g/mol. The number of rotatable bonds is 4. The van der Waals surface area contributed by atoms with E-state index in [0.29, 0.717) is 11.1 Å². The van der Waals surface area contributed by atoms with Crippen LogP contribution >= 0.6 is 11.6 Å². The second-order valence-corrected chi connectivity index (χ2v) is 5.35. The van der Waals surface area contributed by atoms with Gasteiger partial charge in [-0.25, -0.2) is 4.98 Å². The number of piperidine rings is 1. The van der Waals surface area contributed by atoms with E-state index < -0.39 is 0 Å². The fraction of sp³-hybridized carbons (Fsp3) is 0.643. The van der Waals surface area contributed by atoms with Gasteiger partial charge in [0, 0.05) is 18.8 Å². The highest BCUT2D eigenvalue weighted by atomic mass is 35.5. The maximum Gasteiger partial charge on any atom is 0.147 e. The molecule has 0 aromatic carbocycles. The molecule has 2 rings (SSSR count). The lowest BCUT2D eigenvalue weighted by molar-refractivity contribution is 0.281. The molecule has 0 spiro atoms. The molecule has 3 nitrogen and oxygen atoms in total. The molecule has 1 fully saturated rings. The molecule has 1 N–H and O–H groups in total. The predicted octanol–water partition coefficient (Wildman–Crippen LogP) is 3.39. The van der Waals surface area contributed by atoms with Crippen molar-refractivity contribution in [1.82, 2.24) is 4.98 Å². The van der Waals surface area contributed by atoms with Crippen molar-refractivity contribution in [2.45, 2.75) is 51.7 Å². The van der Waals surface area contributed by atoms with Crippen LogP contribution in [-0.4, -0.2) is 22.7 Å². The quantitative estimate of drug-likeness (QED) is 0.909. The highest BCUT2D eigenvalue weighted by Gasteiger charge is 2.24. The average molecular weight is 269 g/mol. The lowest BCUT2D eigenvalue weighted by atomic mass is 9.98. The molecule has 1 aromatic heterocycles. The summed E-state index contributed by atoms with van der Waals surface area (Å²) in [5.74, 6) is 0.881. The summed E-state index contributed by atoms with van der Waals surface area (Å²) in [7, 11) is 0. The zero-order chi connectivity index (χ0) is 13.0. The molecule has 1 unspecified atom stereocenters. The molecule has 100 valence electrons. The first-order valence-electron chi connectivity index (χ1n) is 6.78. The Morgan fingerprint density at radius 3 is 3.00 bits per heavy atom. The van der Waals surface area contributed by atoms with Gasteiger partial charge >= 0.3 is 0 Å². The van der Waals surface area contributed by atoms with Gasteiger partial charge in [0.15, 0.2) is 0 Å². The van der Waals surface area contributed by atoms with Gasteiger partial charge in [-0.05, 0) is 37.3 Å². The SMILES string of the molecule is CCCC1CCCCN1c1ncc(CO)cc1Cl. The first-order chi connectivity index (χ1) is 8.76. The molecule has 0 radical (unpaired) electrons. The number of aromatic nitrogens is 1. The molecule has 0 aliphatic carbocycles. The Labute approximate surface area is 114 Å². The number of hydrogen-bond acceptors (Lipinski definition) is 3. The van der Waals surface area contributed by atoms with Crippen LogP contribution in [-0.2, 0) is 6.61 Å². The molecule has 2 heterocycles. The molecular formula is C14H21ClN2O. The van der Waals surface area contributed by atoms with Crippen molar-refractivity contribution in [1.29, 1.82) is 0 Å². The third kappa shape index (κ3) is 2.96. The summed E-state index contributed by atoms with van der Waals surface area (Å²) in [6.45, 7) is 3.25. The Kier molecular flexibility index (Phi) is 4.84. The standard InChI is InChI=1S/C14H21ClN2O/c1-2-5-12-6-3-4-7-17(12)14-13(15)8-11(10-18)9-16-14/h8-9,12,18H,2-7,10H2,1H3. The Morgan fingerprint density at radius 2 is 2.33 bits per heavy atom. The van der Waals surface area contributed by atoms with Crippen LogP contribution in [0, 0.1) is 0 Å². The van der Waals surface area contributed by atoms with Crippen molar-refractivity contribution in [3.8, 4) is 0 Å². The van der Waals surface area contributed by atoms with Crippen LogP contribution in [0.5, 0.6) is 0 Å². The van der Waals surface area contributed by atoms with E-state index in [1.165, 1.54) is 32.1 Å². The van der Waals surface area contributed by atoms with Gasteiger partial charge < -0.3 is 10.0 Å². The van der Waals surface area contributed by atoms with Crippen LogP contribution < -0.4 is 4.90 Å². The minimum Gasteiger partial charge on any atom is -0.392 e. The minimum atomic E-state index is -0.00854. The molecule has 0 amide bonds. The topological polar surface area (TPSA) is 36.4 Å². The van der Waals surface area contributed by atoms with E-state index in [-0.39, 0.29) is 6.61 Å². The third-order valence-electron chi connectivity index (χ3n) is 3.58. The summed E-state index contributed by atoms with van der Waals surface area (Å²) < 4.78 is 0. The van der Waals surface area contributed by atoms with Crippen LogP contribution in [0.2, 0.25) is 5.02 Å². The van der Waals surface area contributed by atoms with E-state index >= 15 is 0 Å². The normalized spacial score (nSPS) is 20.2. The second kappa shape index (κ2) is 6.39. The lowest BCUT2D eigenvalue weighted by Crippen LogP contribution is -2.40. The van der Waals surface area contributed by atoms with Gasteiger partial charge in [-0.1, -0.05) is 24.9 Å². The fourth-order valence-electron chi connectivity index (χ4n) is 2.68. The van der Waals surface area contributed by atoms with Crippen molar-refractivity contribution in [3.63, 3.8) is 0 Å². The zero-order valence-corrected chi connectivity index (χ0v) is 11.7. The Bertz CT molecular complexity index is 395. The van der Waals surface area contributed by atoms with Crippen LogP contribution in [0.25, 0.3) is 0 Å². The van der Waals surface area contributed by atoms with Crippen LogP contribution in [0.4, 0.5) is 5.82 Å². The summed E-state index contributed by atoms with van der Waals surface area (Å²) in [6.07, 6.45) is 7.84. The molecule has 1 aromatic rings. The second-order valence-electron chi connectivity index (χ2n) is 4.94. The highest BCUT2D eigenvalue weighted by Crippen LogP contribution is 2.31. The summed E-state index contributed by atoms with van der Waals surface area (Å²) in [6, 6.07) is 2.38. The summed E-state index contributed by atoms with van der Waals surface area (Å²) in [4.78, 5) is 6.78. The van der Waals surface area contributed by atoms with Gasteiger partial charge in [0.25, 0.3) is 0 Å². The number of pyridine rings is 1. The molecular weight excluding hydrogens is 248 g/mol. The largest absolute Gasteiger partial charge is 0.392 e. The predicted molar refractivity (Wildman–Crippen MR) is 75.1 cm³/mol. The van der Waals surface area contributed by atoms with Gasteiger partial charge in [0.1, 0.15) is 5.82 Å². The molecule has 1 aliphatic rings. The van der Waals surface area contributed by atoms with E-state index in [1.54, 1.807) is 6.20 Å². The number of aliphatic hydroxyl groups excluding tert-OH is 1. The van der Waals surface area contributed by atoms with E-state index in [1.807, 2.05) is 6.07 Å². The van der Waals surface area contributed by atoms with Crippen molar-refractivity contribution in [2.75, 3.05) is 11.4 Å². The number of aliphatic hydroxyl groups is 1. The van der Waals surface area contributed by atoms with E-state index in [2.05, 4.69) is 16.8 Å². The fourth-order valence-corrected chi connectivity index (χ4v) is 2.98. The number of anilines is 1. The van der Waals surface area contributed by atoms with Gasteiger partial charge in [-0.2, -0.15) is 0 Å². The minimum absolute atomic E-state index is 0.00854. The highest BCUT2D eigenvalue weighted by molar-refractivity contribution is 6.33. The first-order valence-corrected chi connectivity index (χ1v) is 7.16. The maximum atomic E-state index is 9.09. The maximum absolute atomic E-state index is 9.09. The Morgan fingerprint density at radius 1 is 1.50 bits per heavy atom. The molecule has 0 saturated carbocycles. The lowest BCUT2D eigenvalue weighted by Gasteiger charge is -2.37. The Balaban J connectivity index is 2.22. The van der Waals surface area contributed by atoms with Crippen LogP contribution in [0.15, 0.2) is 12.3 Å². The molecule has 1 atom stereocenters. The zero-order valence-electron chi connectivity index (χ0n) is 10.9. The van der Waals surface area contributed by atoms with Crippen LogP contribution in [0.3, 0.4) is 0 Å². The van der Waals surface area contributed by atoms with E-state index in [0.717, 1.165) is 17.9 Å². The number of halogens is 1. The van der Waals surface area contributed by atoms with Gasteiger partial charge in [-0.15, -0.1) is 0 Å². The van der Waals surface area contributed by atoms with Crippen molar-refractivity contribution >= 4 is 17.4 Å². The summed E-state index contributed by atoms with van der Waals surface area (Å²) in [5.41, 5.74) is 0.771. The van der Waals surface area contributed by atoms with E-state index in [9.17, 15) is 0 Å². The molecule has 1 saturated heterocycles. The number of nitrogens with zero attached hydrogens (tertiary/aromatic N) is 2. The Hall–Kier alpha value is -0.800. The molecule has 4 heteroatoms. The summed E-state index contributed by atoms with van der Waals surface area (Å²) in [5, 5.41) is 9.74. The average Bonchev–Trinajstić information content (AvgIpc) is 2.40. The van der Waals surface area contributed by atoms with Crippen LogP contribution in [0.1, 0.15) is 44.6 Å². The van der Waals surface area contributed by atoms with E-state index in [4.69, 9.17) is 16.7 Å². The smallest absolute Gasteiger partial charge is 0.147 e. The summed E-state index contributed by atoms with van der Waals surface area (Å²) >= 11 is 6.29. The van der Waals surface area contributed by atoms with Gasteiger partial charge in [0.05, 0.1) is 11.6 Å². The van der Waals surface area contributed by atoms with Gasteiger partial charge in [0.2, 0.25) is 0 Å². The molecule has 0 bridgehead atoms. The van der Waals surface area contributed by atoms with Crippen molar-refractivity contribution < 1.29 is 5.11 Å².